The molecular formula is C24H23N5O4. The highest BCUT2D eigenvalue weighted by Crippen LogP contribution is 2.27. The Morgan fingerprint density at radius 2 is 1.64 bits per heavy atom. The number of methoxy groups -OCH3 is 1. The summed E-state index contributed by atoms with van der Waals surface area (Å²) in [5.74, 6) is 1.39. The minimum Gasteiger partial charge on any atom is -0.457 e. The van der Waals surface area contributed by atoms with Crippen molar-refractivity contribution in [1.82, 2.24) is 9.97 Å². The van der Waals surface area contributed by atoms with E-state index in [2.05, 4.69) is 37.6 Å². The second kappa shape index (κ2) is 9.73. The summed E-state index contributed by atoms with van der Waals surface area (Å²) in [4.78, 5) is 31.0. The third-order valence-corrected chi connectivity index (χ3v) is 4.78. The molecule has 0 aliphatic carbocycles. The molecular weight excluding hydrogens is 422 g/mol. The maximum absolute atomic E-state index is 12.4. The van der Waals surface area contributed by atoms with Crippen molar-refractivity contribution in [2.45, 2.75) is 13.3 Å². The number of hydrogen-bond acceptors (Lipinski definition) is 5. The molecule has 0 atom stereocenters. The molecule has 33 heavy (non-hydrogen) atoms. The zero-order valence-electron chi connectivity index (χ0n) is 18.1. The van der Waals surface area contributed by atoms with Crippen LogP contribution in [0.3, 0.4) is 0 Å². The van der Waals surface area contributed by atoms with Crippen molar-refractivity contribution < 1.29 is 19.1 Å². The molecule has 4 rings (SSSR count). The van der Waals surface area contributed by atoms with Crippen LogP contribution in [0.1, 0.15) is 12.5 Å². The second-order valence-corrected chi connectivity index (χ2v) is 7.14. The number of anilines is 3. The number of ether oxygens (including phenoxy) is 2. The number of fused-ring (bicyclic) bond motifs is 1. The topological polar surface area (TPSA) is 117 Å². The number of urea groups is 1. The number of nitrogens with one attached hydrogen (secondary N) is 4. The largest absolute Gasteiger partial charge is 0.457 e. The molecule has 1 aromatic heterocycles. The monoisotopic (exact) mass is 445 g/mol. The molecule has 168 valence electrons. The molecule has 0 spiro atoms. The lowest BCUT2D eigenvalue weighted by Crippen LogP contribution is -2.19. The van der Waals surface area contributed by atoms with Crippen LogP contribution in [-0.4, -0.2) is 29.2 Å². The first-order chi connectivity index (χ1) is 16.0. The van der Waals surface area contributed by atoms with Crippen LogP contribution < -0.4 is 20.7 Å². The Labute approximate surface area is 190 Å². The van der Waals surface area contributed by atoms with Crippen LogP contribution >= 0.6 is 0 Å². The van der Waals surface area contributed by atoms with Crippen molar-refractivity contribution in [2.75, 3.05) is 23.1 Å². The van der Waals surface area contributed by atoms with Gasteiger partial charge in [-0.3, -0.25) is 5.32 Å². The number of hydrogen-bond donors (Lipinski definition) is 4. The van der Waals surface area contributed by atoms with Gasteiger partial charge in [-0.2, -0.15) is 0 Å². The molecule has 4 aromatic rings. The molecule has 1 heterocycles. The summed E-state index contributed by atoms with van der Waals surface area (Å²) < 4.78 is 10.5. The SMILES string of the molecule is CCc1cccc(NC(=O)Nc2cccc(Oc3ccc4nc(NC(=O)OC)[nH]c4c3)c2)c1. The van der Waals surface area contributed by atoms with E-state index in [-0.39, 0.29) is 12.0 Å². The van der Waals surface area contributed by atoms with Gasteiger partial charge in [0.25, 0.3) is 0 Å². The van der Waals surface area contributed by atoms with Gasteiger partial charge in [0.1, 0.15) is 11.5 Å². The van der Waals surface area contributed by atoms with Gasteiger partial charge in [0, 0.05) is 23.5 Å². The summed E-state index contributed by atoms with van der Waals surface area (Å²) in [5, 5.41) is 8.13. The molecule has 0 bridgehead atoms. The molecule has 0 saturated carbocycles. The molecule has 9 heteroatoms. The number of carbonyl (C=O) groups is 2. The second-order valence-electron chi connectivity index (χ2n) is 7.14. The van der Waals surface area contributed by atoms with Crippen molar-refractivity contribution >= 4 is 40.5 Å². The molecule has 0 unspecified atom stereocenters. The van der Waals surface area contributed by atoms with Crippen LogP contribution in [0.4, 0.5) is 26.9 Å². The third-order valence-electron chi connectivity index (χ3n) is 4.78. The van der Waals surface area contributed by atoms with E-state index in [1.807, 2.05) is 24.3 Å². The van der Waals surface area contributed by atoms with Crippen molar-refractivity contribution in [3.05, 3.63) is 72.3 Å². The highest BCUT2D eigenvalue weighted by atomic mass is 16.5. The van der Waals surface area contributed by atoms with Crippen LogP contribution in [-0.2, 0) is 11.2 Å². The molecule has 0 fully saturated rings. The molecule has 3 amide bonds. The lowest BCUT2D eigenvalue weighted by atomic mass is 10.1. The number of aryl methyl sites for hydroxylation is 1. The average molecular weight is 445 g/mol. The van der Waals surface area contributed by atoms with Gasteiger partial charge in [-0.25, -0.2) is 14.6 Å². The first-order valence-electron chi connectivity index (χ1n) is 10.3. The quantitative estimate of drug-likeness (QED) is 0.302. The average Bonchev–Trinajstić information content (AvgIpc) is 3.20. The van der Waals surface area contributed by atoms with E-state index in [1.165, 1.54) is 7.11 Å². The normalized spacial score (nSPS) is 10.5. The molecule has 9 nitrogen and oxygen atoms in total. The van der Waals surface area contributed by atoms with Crippen LogP contribution in [0.2, 0.25) is 0 Å². The lowest BCUT2D eigenvalue weighted by molar-refractivity contribution is 0.186. The van der Waals surface area contributed by atoms with Gasteiger partial charge in [0.2, 0.25) is 5.95 Å². The van der Waals surface area contributed by atoms with E-state index in [1.54, 1.807) is 42.5 Å². The fraction of sp³-hybridized carbons (Fsp3) is 0.125. The van der Waals surface area contributed by atoms with E-state index in [9.17, 15) is 9.59 Å². The zero-order valence-corrected chi connectivity index (χ0v) is 18.1. The fourth-order valence-corrected chi connectivity index (χ4v) is 3.19. The molecule has 3 aromatic carbocycles. The first-order valence-corrected chi connectivity index (χ1v) is 10.3. The maximum Gasteiger partial charge on any atom is 0.413 e. The van der Waals surface area contributed by atoms with Crippen molar-refractivity contribution in [3.8, 4) is 11.5 Å². The first kappa shape index (κ1) is 21.7. The van der Waals surface area contributed by atoms with Crippen molar-refractivity contribution in [3.63, 3.8) is 0 Å². The summed E-state index contributed by atoms with van der Waals surface area (Å²) in [6.45, 7) is 2.06. The molecule has 4 N–H and O–H groups in total. The van der Waals surface area contributed by atoms with Gasteiger partial charge in [-0.05, 0) is 48.4 Å². The lowest BCUT2D eigenvalue weighted by Gasteiger charge is -2.10. The standard InChI is InChI=1S/C24H23N5O4/c1-3-15-6-4-7-16(12-15)25-23(30)26-17-8-5-9-18(13-17)33-19-10-11-20-21(14-19)28-22(27-20)29-24(31)32-2/h4-14H,3H2,1-2H3,(H2,25,26,30)(H2,27,28,29,31). The predicted molar refractivity (Wildman–Crippen MR) is 127 cm³/mol. The number of benzene rings is 3. The Kier molecular flexibility index (Phi) is 6.40. The minimum atomic E-state index is -0.614. The summed E-state index contributed by atoms with van der Waals surface area (Å²) in [6, 6.07) is 19.7. The number of imidazole rings is 1. The number of rotatable bonds is 6. The Morgan fingerprint density at radius 3 is 2.39 bits per heavy atom. The van der Waals surface area contributed by atoms with E-state index in [0.29, 0.717) is 28.2 Å². The molecule has 0 aliphatic heterocycles. The zero-order chi connectivity index (χ0) is 23.2. The van der Waals surface area contributed by atoms with E-state index < -0.39 is 6.09 Å². The highest BCUT2D eigenvalue weighted by molar-refractivity contribution is 5.99. The number of aromatic nitrogens is 2. The molecule has 0 radical (unpaired) electrons. The Morgan fingerprint density at radius 1 is 0.909 bits per heavy atom. The summed E-state index contributed by atoms with van der Waals surface area (Å²) >= 11 is 0. The van der Waals surface area contributed by atoms with Gasteiger partial charge >= 0.3 is 12.1 Å². The van der Waals surface area contributed by atoms with Crippen molar-refractivity contribution in [1.29, 1.82) is 0 Å². The summed E-state index contributed by atoms with van der Waals surface area (Å²) in [6.07, 6.45) is 0.279. The van der Waals surface area contributed by atoms with E-state index >= 15 is 0 Å². The van der Waals surface area contributed by atoms with E-state index in [4.69, 9.17) is 4.74 Å². The minimum absolute atomic E-state index is 0.274. The fourth-order valence-electron chi connectivity index (χ4n) is 3.19. The van der Waals surface area contributed by atoms with Crippen LogP contribution in [0, 0.1) is 0 Å². The van der Waals surface area contributed by atoms with Gasteiger partial charge in [0.15, 0.2) is 0 Å². The Bertz CT molecular complexity index is 1300. The predicted octanol–water partition coefficient (Wildman–Crippen LogP) is 5.74. The Balaban J connectivity index is 1.42. The van der Waals surface area contributed by atoms with Crippen LogP contribution in [0.15, 0.2) is 66.7 Å². The van der Waals surface area contributed by atoms with Crippen molar-refractivity contribution in [2.24, 2.45) is 0 Å². The Hall–Kier alpha value is -4.53. The van der Waals surface area contributed by atoms with Crippen LogP contribution in [0.5, 0.6) is 11.5 Å². The summed E-state index contributed by atoms with van der Waals surface area (Å²) in [5.41, 5.74) is 3.80. The van der Waals surface area contributed by atoms with E-state index in [0.717, 1.165) is 17.7 Å². The molecule has 0 saturated heterocycles. The molecule has 0 aliphatic rings. The number of nitrogens with zero attached hydrogens (tertiary/aromatic N) is 1. The number of aromatic amines is 1. The van der Waals surface area contributed by atoms with Gasteiger partial charge in [0.05, 0.1) is 18.1 Å². The summed E-state index contributed by atoms with van der Waals surface area (Å²) in [7, 11) is 1.28. The number of amides is 3. The number of H-pyrrole nitrogens is 1. The van der Waals surface area contributed by atoms with Crippen LogP contribution in [0.25, 0.3) is 11.0 Å². The van der Waals surface area contributed by atoms with Gasteiger partial charge in [-0.1, -0.05) is 25.1 Å². The van der Waals surface area contributed by atoms with Gasteiger partial charge in [-0.15, -0.1) is 0 Å². The number of carbonyl (C=O) groups excluding carboxylic acids is 2. The smallest absolute Gasteiger partial charge is 0.413 e. The van der Waals surface area contributed by atoms with Gasteiger partial charge < -0.3 is 25.1 Å². The maximum atomic E-state index is 12.4. The third kappa shape index (κ3) is 5.59. The highest BCUT2D eigenvalue weighted by Gasteiger charge is 2.09.